The highest BCUT2D eigenvalue weighted by Gasteiger charge is 2.13. The lowest BCUT2D eigenvalue weighted by Crippen LogP contribution is -1.97. The molecule has 5 nitrogen and oxygen atoms in total. The van der Waals surface area contributed by atoms with Gasteiger partial charge in [-0.25, -0.2) is 4.98 Å². The van der Waals surface area contributed by atoms with Crippen molar-refractivity contribution in [2.45, 2.75) is 13.0 Å². The molecule has 1 aromatic heterocycles. The van der Waals surface area contributed by atoms with Crippen molar-refractivity contribution in [3.05, 3.63) is 18.0 Å². The largest absolute Gasteiger partial charge is 0.489 e. The van der Waals surface area contributed by atoms with Gasteiger partial charge in [-0.05, 0) is 0 Å². The number of rotatable bonds is 2. The quantitative estimate of drug-likeness (QED) is 0.861. The average Bonchev–Trinajstić information content (AvgIpc) is 2.55. The van der Waals surface area contributed by atoms with Gasteiger partial charge in [0.2, 0.25) is 0 Å². The molecule has 0 amide bonds. The van der Waals surface area contributed by atoms with Crippen LogP contribution in [0, 0.1) is 0 Å². The molecule has 2 aromatic rings. The van der Waals surface area contributed by atoms with Crippen LogP contribution in [-0.2, 0) is 11.3 Å². The molecule has 0 atom stereocenters. The maximum absolute atomic E-state index is 5.62. The van der Waals surface area contributed by atoms with Gasteiger partial charge in [0.25, 0.3) is 0 Å². The van der Waals surface area contributed by atoms with Gasteiger partial charge in [-0.2, -0.15) is 0 Å². The van der Waals surface area contributed by atoms with Gasteiger partial charge in [-0.3, -0.25) is 0 Å². The smallest absolute Gasteiger partial charge is 0.163 e. The number of aromatic amines is 1. The monoisotopic (exact) mass is 234 g/mol. The molecule has 3 rings (SSSR count). The highest BCUT2D eigenvalue weighted by atomic mass is 16.5. The summed E-state index contributed by atoms with van der Waals surface area (Å²) in [6, 6.07) is 3.84. The molecular formula is C12H14N2O3. The van der Waals surface area contributed by atoms with E-state index in [4.69, 9.17) is 14.2 Å². The number of aromatic nitrogens is 2. The summed E-state index contributed by atoms with van der Waals surface area (Å²) < 4.78 is 16.3. The van der Waals surface area contributed by atoms with Crippen molar-refractivity contribution in [2.24, 2.45) is 0 Å². The van der Waals surface area contributed by atoms with Gasteiger partial charge < -0.3 is 19.2 Å². The second-order valence-electron chi connectivity index (χ2n) is 3.98. The number of ether oxygens (including phenoxy) is 3. The Balaban J connectivity index is 2.05. The summed E-state index contributed by atoms with van der Waals surface area (Å²) in [6.07, 6.45) is 0.908. The Morgan fingerprint density at radius 1 is 1.29 bits per heavy atom. The SMILES string of the molecule is COCc1nc2cc3c(cc2[nH]1)OCCCO3. The van der Waals surface area contributed by atoms with Gasteiger partial charge in [-0.1, -0.05) is 0 Å². The van der Waals surface area contributed by atoms with Crippen LogP contribution in [0.15, 0.2) is 12.1 Å². The molecule has 0 saturated heterocycles. The number of methoxy groups -OCH3 is 1. The fraction of sp³-hybridized carbons (Fsp3) is 0.417. The fourth-order valence-electron chi connectivity index (χ4n) is 1.92. The normalized spacial score (nSPS) is 14.9. The number of benzene rings is 1. The third kappa shape index (κ3) is 1.93. The molecule has 0 bridgehead atoms. The summed E-state index contributed by atoms with van der Waals surface area (Å²) in [4.78, 5) is 7.62. The summed E-state index contributed by atoms with van der Waals surface area (Å²) >= 11 is 0. The number of nitrogens with zero attached hydrogens (tertiary/aromatic N) is 1. The van der Waals surface area contributed by atoms with E-state index in [-0.39, 0.29) is 0 Å². The van der Waals surface area contributed by atoms with Crippen LogP contribution in [0.5, 0.6) is 11.5 Å². The van der Waals surface area contributed by atoms with Crippen molar-refractivity contribution in [1.29, 1.82) is 0 Å². The molecule has 0 fully saturated rings. The Morgan fingerprint density at radius 2 is 2.06 bits per heavy atom. The van der Waals surface area contributed by atoms with Crippen molar-refractivity contribution >= 4 is 11.0 Å². The predicted octanol–water partition coefficient (Wildman–Crippen LogP) is 1.87. The second kappa shape index (κ2) is 4.25. The van der Waals surface area contributed by atoms with Gasteiger partial charge in [-0.15, -0.1) is 0 Å². The standard InChI is InChI=1S/C12H14N2O3/c1-15-7-12-13-8-5-10-11(6-9(8)14-12)17-4-2-3-16-10/h5-6H,2-4,7H2,1H3,(H,13,14). The maximum atomic E-state index is 5.62. The molecule has 0 spiro atoms. The molecule has 0 radical (unpaired) electrons. The molecule has 1 N–H and O–H groups in total. The highest BCUT2D eigenvalue weighted by Crippen LogP contribution is 2.33. The lowest BCUT2D eigenvalue weighted by atomic mass is 10.3. The zero-order valence-electron chi connectivity index (χ0n) is 9.66. The first-order valence-electron chi connectivity index (χ1n) is 5.64. The Hall–Kier alpha value is -1.75. The molecule has 0 unspecified atom stereocenters. The van der Waals surface area contributed by atoms with Gasteiger partial charge >= 0.3 is 0 Å². The van der Waals surface area contributed by atoms with Crippen LogP contribution in [0.1, 0.15) is 12.2 Å². The number of H-pyrrole nitrogens is 1. The van der Waals surface area contributed by atoms with E-state index < -0.39 is 0 Å². The predicted molar refractivity (Wildman–Crippen MR) is 62.4 cm³/mol. The van der Waals surface area contributed by atoms with Crippen LogP contribution in [0.2, 0.25) is 0 Å². The highest BCUT2D eigenvalue weighted by molar-refractivity contribution is 5.79. The third-order valence-electron chi connectivity index (χ3n) is 2.68. The molecule has 1 aliphatic rings. The third-order valence-corrected chi connectivity index (χ3v) is 2.68. The van der Waals surface area contributed by atoms with Crippen LogP contribution in [0.25, 0.3) is 11.0 Å². The number of fused-ring (bicyclic) bond motifs is 2. The molecule has 1 aromatic carbocycles. The first-order chi connectivity index (χ1) is 8.36. The van der Waals surface area contributed by atoms with E-state index in [1.807, 2.05) is 12.1 Å². The lowest BCUT2D eigenvalue weighted by Gasteiger charge is -2.05. The van der Waals surface area contributed by atoms with E-state index in [2.05, 4.69) is 9.97 Å². The van der Waals surface area contributed by atoms with E-state index in [1.165, 1.54) is 0 Å². The van der Waals surface area contributed by atoms with E-state index in [1.54, 1.807) is 7.11 Å². The zero-order valence-corrected chi connectivity index (χ0v) is 9.66. The topological polar surface area (TPSA) is 56.4 Å². The number of imidazole rings is 1. The van der Waals surface area contributed by atoms with Gasteiger partial charge in [0.1, 0.15) is 12.4 Å². The van der Waals surface area contributed by atoms with Crippen LogP contribution in [-0.4, -0.2) is 30.3 Å². The summed E-state index contributed by atoms with van der Waals surface area (Å²) in [5, 5.41) is 0. The molecule has 1 aliphatic heterocycles. The van der Waals surface area contributed by atoms with Crippen LogP contribution in [0.3, 0.4) is 0 Å². The molecule has 17 heavy (non-hydrogen) atoms. The summed E-state index contributed by atoms with van der Waals surface area (Å²) in [5.74, 6) is 2.36. The van der Waals surface area contributed by atoms with Gasteiger partial charge in [0.05, 0.1) is 24.2 Å². The van der Waals surface area contributed by atoms with Crippen molar-refractivity contribution in [2.75, 3.05) is 20.3 Å². The molecule has 0 aliphatic carbocycles. The van der Waals surface area contributed by atoms with Gasteiger partial charge in [0, 0.05) is 25.7 Å². The molecule has 5 heteroatoms. The minimum Gasteiger partial charge on any atom is -0.489 e. The molecule has 90 valence electrons. The Morgan fingerprint density at radius 3 is 2.82 bits per heavy atom. The minimum absolute atomic E-state index is 0.473. The van der Waals surface area contributed by atoms with Crippen LogP contribution >= 0.6 is 0 Å². The zero-order chi connectivity index (χ0) is 11.7. The van der Waals surface area contributed by atoms with Crippen LogP contribution < -0.4 is 9.47 Å². The molecule has 0 saturated carbocycles. The fourth-order valence-corrected chi connectivity index (χ4v) is 1.92. The van der Waals surface area contributed by atoms with Crippen molar-refractivity contribution in [1.82, 2.24) is 9.97 Å². The number of hydrogen-bond acceptors (Lipinski definition) is 4. The van der Waals surface area contributed by atoms with E-state index >= 15 is 0 Å². The summed E-state index contributed by atoms with van der Waals surface area (Å²) in [5.41, 5.74) is 1.82. The number of nitrogens with one attached hydrogen (secondary N) is 1. The second-order valence-corrected chi connectivity index (χ2v) is 3.98. The summed E-state index contributed by atoms with van der Waals surface area (Å²) in [7, 11) is 1.65. The van der Waals surface area contributed by atoms with E-state index in [9.17, 15) is 0 Å². The van der Waals surface area contributed by atoms with E-state index in [0.29, 0.717) is 19.8 Å². The van der Waals surface area contributed by atoms with Crippen molar-refractivity contribution in [3.8, 4) is 11.5 Å². The molecular weight excluding hydrogens is 220 g/mol. The maximum Gasteiger partial charge on any atom is 0.163 e. The van der Waals surface area contributed by atoms with Gasteiger partial charge in [0.15, 0.2) is 11.5 Å². The minimum atomic E-state index is 0.473. The van der Waals surface area contributed by atoms with E-state index in [0.717, 1.165) is 34.8 Å². The lowest BCUT2D eigenvalue weighted by molar-refractivity contribution is 0.179. The van der Waals surface area contributed by atoms with Crippen molar-refractivity contribution < 1.29 is 14.2 Å². The first kappa shape index (κ1) is 10.4. The van der Waals surface area contributed by atoms with Crippen LogP contribution in [0.4, 0.5) is 0 Å². The Kier molecular flexibility index (Phi) is 2.60. The Bertz CT molecular complexity index is 493. The average molecular weight is 234 g/mol. The molecule has 2 heterocycles. The Labute approximate surface area is 98.7 Å². The summed E-state index contributed by atoms with van der Waals surface area (Å²) in [6.45, 7) is 1.85. The van der Waals surface area contributed by atoms with Crippen molar-refractivity contribution in [3.63, 3.8) is 0 Å². The number of hydrogen-bond donors (Lipinski definition) is 1. The first-order valence-corrected chi connectivity index (χ1v) is 5.64.